The van der Waals surface area contributed by atoms with Crippen molar-refractivity contribution in [1.82, 2.24) is 18.9 Å². The lowest BCUT2D eigenvalue weighted by Gasteiger charge is -2.09. The topological polar surface area (TPSA) is 61.4 Å². The number of aromatic nitrogens is 4. The van der Waals surface area contributed by atoms with Crippen LogP contribution in [0.25, 0.3) is 16.7 Å². The smallest absolute Gasteiger partial charge is 0.277 e. The maximum absolute atomic E-state index is 12.5. The van der Waals surface area contributed by atoms with E-state index in [0.29, 0.717) is 17.0 Å². The van der Waals surface area contributed by atoms with Crippen LogP contribution in [-0.4, -0.2) is 26.0 Å². The van der Waals surface area contributed by atoms with Gasteiger partial charge in [0.15, 0.2) is 5.65 Å². The Morgan fingerprint density at radius 3 is 2.70 bits per heavy atom. The molecule has 0 saturated heterocycles. The molecule has 0 fully saturated rings. The second-order valence-electron chi connectivity index (χ2n) is 4.71. The second-order valence-corrected chi connectivity index (χ2v) is 4.71. The van der Waals surface area contributed by atoms with E-state index in [4.69, 9.17) is 4.74 Å². The summed E-state index contributed by atoms with van der Waals surface area (Å²) in [6.07, 6.45) is 0.732. The van der Waals surface area contributed by atoms with E-state index in [0.717, 1.165) is 23.5 Å². The fraction of sp³-hybridized carbons (Fsp3) is 0.357. The van der Waals surface area contributed by atoms with Gasteiger partial charge in [-0.25, -0.2) is 4.98 Å². The van der Waals surface area contributed by atoms with Crippen molar-refractivity contribution >= 4 is 16.7 Å². The summed E-state index contributed by atoms with van der Waals surface area (Å²) < 4.78 is 8.63. The molecule has 6 heteroatoms. The molecule has 0 bridgehead atoms. The van der Waals surface area contributed by atoms with E-state index in [1.165, 1.54) is 0 Å². The standard InChI is InChI=1S/C14H16N4O2/c1-5-10-15-8(2)12-14(19)17(3)9-6-7-11(20-4)16-13(9)18(10)12/h6-7H,5H2,1-4H3. The van der Waals surface area contributed by atoms with Gasteiger partial charge in [-0.2, -0.15) is 4.98 Å². The van der Waals surface area contributed by atoms with Gasteiger partial charge in [0, 0.05) is 19.5 Å². The Kier molecular flexibility index (Phi) is 2.74. The van der Waals surface area contributed by atoms with Gasteiger partial charge >= 0.3 is 0 Å². The van der Waals surface area contributed by atoms with Crippen molar-refractivity contribution in [1.29, 1.82) is 0 Å². The maximum Gasteiger partial charge on any atom is 0.277 e. The second kappa shape index (κ2) is 4.33. The SMILES string of the molecule is CCc1nc(C)c2c(=O)n(C)c3ccc(OC)nc3n12. The van der Waals surface area contributed by atoms with Crippen LogP contribution < -0.4 is 10.3 Å². The van der Waals surface area contributed by atoms with Gasteiger partial charge in [0.2, 0.25) is 5.88 Å². The summed E-state index contributed by atoms with van der Waals surface area (Å²) in [7, 11) is 3.32. The maximum atomic E-state index is 12.5. The first-order valence-electron chi connectivity index (χ1n) is 6.50. The number of methoxy groups -OCH3 is 1. The molecule has 0 unspecified atom stereocenters. The molecular weight excluding hydrogens is 256 g/mol. The minimum Gasteiger partial charge on any atom is -0.481 e. The lowest BCUT2D eigenvalue weighted by molar-refractivity contribution is 0.399. The predicted octanol–water partition coefficient (Wildman–Crippen LogP) is 1.46. The number of imidazole rings is 1. The number of ether oxygens (including phenoxy) is 1. The highest BCUT2D eigenvalue weighted by atomic mass is 16.5. The number of hydrogen-bond donors (Lipinski definition) is 0. The fourth-order valence-corrected chi connectivity index (χ4v) is 2.54. The Balaban J connectivity index is 2.64. The molecule has 104 valence electrons. The molecule has 6 nitrogen and oxygen atoms in total. The molecule has 3 heterocycles. The van der Waals surface area contributed by atoms with Gasteiger partial charge in [-0.05, 0) is 13.0 Å². The average Bonchev–Trinajstić information content (AvgIpc) is 2.81. The van der Waals surface area contributed by atoms with Crippen molar-refractivity contribution in [3.8, 4) is 5.88 Å². The van der Waals surface area contributed by atoms with Crippen LogP contribution in [0, 0.1) is 6.92 Å². The van der Waals surface area contributed by atoms with Crippen LogP contribution in [0.4, 0.5) is 0 Å². The van der Waals surface area contributed by atoms with Gasteiger partial charge in [0.25, 0.3) is 5.56 Å². The third kappa shape index (κ3) is 1.54. The van der Waals surface area contributed by atoms with E-state index in [-0.39, 0.29) is 5.56 Å². The molecule has 0 saturated carbocycles. The van der Waals surface area contributed by atoms with E-state index in [2.05, 4.69) is 9.97 Å². The molecule has 20 heavy (non-hydrogen) atoms. The lowest BCUT2D eigenvalue weighted by Crippen LogP contribution is -2.21. The van der Waals surface area contributed by atoms with E-state index in [1.807, 2.05) is 24.3 Å². The first kappa shape index (κ1) is 12.7. The Labute approximate surface area is 115 Å². The Morgan fingerprint density at radius 1 is 1.30 bits per heavy atom. The molecule has 3 aromatic rings. The van der Waals surface area contributed by atoms with Crippen LogP contribution in [0.15, 0.2) is 16.9 Å². The third-order valence-corrected chi connectivity index (χ3v) is 3.56. The summed E-state index contributed by atoms with van der Waals surface area (Å²) >= 11 is 0. The van der Waals surface area contributed by atoms with Gasteiger partial charge in [0.1, 0.15) is 11.3 Å². The van der Waals surface area contributed by atoms with Crippen molar-refractivity contribution in [2.45, 2.75) is 20.3 Å². The predicted molar refractivity (Wildman–Crippen MR) is 76.4 cm³/mol. The van der Waals surface area contributed by atoms with Crippen molar-refractivity contribution in [3.05, 3.63) is 34.0 Å². The molecule has 3 rings (SSSR count). The van der Waals surface area contributed by atoms with Gasteiger partial charge < -0.3 is 9.30 Å². The highest BCUT2D eigenvalue weighted by molar-refractivity contribution is 5.76. The normalized spacial score (nSPS) is 11.4. The van der Waals surface area contributed by atoms with Gasteiger partial charge in [-0.15, -0.1) is 0 Å². The van der Waals surface area contributed by atoms with Crippen molar-refractivity contribution in [2.75, 3.05) is 7.11 Å². The lowest BCUT2D eigenvalue weighted by atomic mass is 10.3. The summed E-state index contributed by atoms with van der Waals surface area (Å²) in [4.78, 5) is 21.5. The zero-order valence-corrected chi connectivity index (χ0v) is 12.0. The monoisotopic (exact) mass is 272 g/mol. The third-order valence-electron chi connectivity index (χ3n) is 3.56. The molecule has 0 aliphatic carbocycles. The number of pyridine rings is 1. The van der Waals surface area contributed by atoms with Crippen molar-refractivity contribution in [3.63, 3.8) is 0 Å². The molecule has 0 aliphatic rings. The van der Waals surface area contributed by atoms with E-state index in [9.17, 15) is 4.79 Å². The van der Waals surface area contributed by atoms with Crippen LogP contribution in [0.3, 0.4) is 0 Å². The average molecular weight is 272 g/mol. The van der Waals surface area contributed by atoms with E-state index in [1.54, 1.807) is 24.8 Å². The summed E-state index contributed by atoms with van der Waals surface area (Å²) in [5.41, 5.74) is 2.70. The quantitative estimate of drug-likeness (QED) is 0.708. The molecule has 0 aliphatic heterocycles. The first-order chi connectivity index (χ1) is 9.58. The van der Waals surface area contributed by atoms with Crippen LogP contribution in [-0.2, 0) is 13.5 Å². The van der Waals surface area contributed by atoms with Gasteiger partial charge in [-0.3, -0.25) is 9.20 Å². The molecular formula is C14H16N4O2. The Morgan fingerprint density at radius 2 is 2.05 bits per heavy atom. The minimum atomic E-state index is -0.0610. The van der Waals surface area contributed by atoms with Crippen LogP contribution in [0.2, 0.25) is 0 Å². The van der Waals surface area contributed by atoms with Gasteiger partial charge in [0.05, 0.1) is 18.3 Å². The Hall–Kier alpha value is -2.37. The highest BCUT2D eigenvalue weighted by Crippen LogP contribution is 2.19. The zero-order valence-electron chi connectivity index (χ0n) is 12.0. The first-order valence-corrected chi connectivity index (χ1v) is 6.50. The zero-order chi connectivity index (χ0) is 14.4. The number of nitrogens with zero attached hydrogens (tertiary/aromatic N) is 4. The molecule has 0 spiro atoms. The minimum absolute atomic E-state index is 0.0610. The summed E-state index contributed by atoms with van der Waals surface area (Å²) in [5, 5.41) is 0. The Bertz CT molecular complexity index is 876. The highest BCUT2D eigenvalue weighted by Gasteiger charge is 2.17. The van der Waals surface area contributed by atoms with Crippen LogP contribution in [0.1, 0.15) is 18.4 Å². The fourth-order valence-electron chi connectivity index (χ4n) is 2.54. The summed E-state index contributed by atoms with van der Waals surface area (Å²) in [5.74, 6) is 1.35. The molecule has 0 amide bonds. The number of aryl methyl sites for hydroxylation is 3. The molecule has 0 atom stereocenters. The molecule has 0 N–H and O–H groups in total. The number of rotatable bonds is 2. The molecule has 3 aromatic heterocycles. The largest absolute Gasteiger partial charge is 0.481 e. The van der Waals surface area contributed by atoms with E-state index < -0.39 is 0 Å². The van der Waals surface area contributed by atoms with E-state index >= 15 is 0 Å². The molecule has 0 radical (unpaired) electrons. The molecule has 0 aromatic carbocycles. The summed E-state index contributed by atoms with van der Waals surface area (Å²) in [6.45, 7) is 3.86. The number of fused-ring (bicyclic) bond motifs is 3. The number of hydrogen-bond acceptors (Lipinski definition) is 4. The van der Waals surface area contributed by atoms with Crippen LogP contribution in [0.5, 0.6) is 5.88 Å². The summed E-state index contributed by atoms with van der Waals surface area (Å²) in [6, 6.07) is 3.60. The van der Waals surface area contributed by atoms with Crippen molar-refractivity contribution < 1.29 is 4.74 Å². The van der Waals surface area contributed by atoms with Gasteiger partial charge in [-0.1, -0.05) is 6.92 Å². The van der Waals surface area contributed by atoms with Crippen LogP contribution >= 0.6 is 0 Å². The van der Waals surface area contributed by atoms with Crippen molar-refractivity contribution in [2.24, 2.45) is 7.05 Å².